The molecule has 3 nitrogen and oxygen atoms in total. The minimum atomic E-state index is 0.157. The predicted molar refractivity (Wildman–Crippen MR) is 60.3 cm³/mol. The number of thioether (sulfide) groups is 1. The normalized spacial score (nSPS) is 24.0. The van der Waals surface area contributed by atoms with Gasteiger partial charge in [0.15, 0.2) is 0 Å². The lowest BCUT2D eigenvalue weighted by atomic mass is 10.1. The molecule has 0 aromatic carbocycles. The van der Waals surface area contributed by atoms with E-state index < -0.39 is 0 Å². The van der Waals surface area contributed by atoms with Gasteiger partial charge in [0.1, 0.15) is 0 Å². The molecule has 2 unspecified atom stereocenters. The Labute approximate surface area is 89.1 Å². The maximum absolute atomic E-state index is 6.24. The van der Waals surface area contributed by atoms with Gasteiger partial charge in [-0.1, -0.05) is 0 Å². The first-order chi connectivity index (χ1) is 6.83. The maximum Gasteiger partial charge on any atom is 0.0587 e. The van der Waals surface area contributed by atoms with Crippen LogP contribution in [0, 0.1) is 0 Å². The van der Waals surface area contributed by atoms with E-state index in [2.05, 4.69) is 12.0 Å². The first-order valence-corrected chi connectivity index (χ1v) is 6.26. The molecule has 1 saturated heterocycles. The van der Waals surface area contributed by atoms with Crippen molar-refractivity contribution in [1.29, 1.82) is 0 Å². The first kappa shape index (κ1) is 10.1. The van der Waals surface area contributed by atoms with Crippen LogP contribution in [0.25, 0.3) is 0 Å². The van der Waals surface area contributed by atoms with Gasteiger partial charge in [0, 0.05) is 18.0 Å². The van der Waals surface area contributed by atoms with Crippen LogP contribution in [0.4, 0.5) is 0 Å². The Morgan fingerprint density at radius 2 is 2.64 bits per heavy atom. The number of hydrogen-bond donors (Lipinski definition) is 1. The summed E-state index contributed by atoms with van der Waals surface area (Å²) in [5.74, 6) is 1.26. The molecule has 1 aromatic heterocycles. The fourth-order valence-electron chi connectivity index (χ4n) is 1.97. The molecule has 4 heteroatoms. The van der Waals surface area contributed by atoms with Gasteiger partial charge in [-0.2, -0.15) is 16.9 Å². The minimum absolute atomic E-state index is 0.157. The van der Waals surface area contributed by atoms with E-state index in [1.807, 2.05) is 28.7 Å². The van der Waals surface area contributed by atoms with Gasteiger partial charge >= 0.3 is 0 Å². The number of aromatic nitrogens is 2. The zero-order valence-electron chi connectivity index (χ0n) is 8.52. The molecule has 0 aliphatic carbocycles. The summed E-state index contributed by atoms with van der Waals surface area (Å²) < 4.78 is 2.00. The maximum atomic E-state index is 6.24. The van der Waals surface area contributed by atoms with E-state index in [1.165, 1.54) is 24.3 Å². The predicted octanol–water partition coefficient (Wildman–Crippen LogP) is 1.80. The first-order valence-electron chi connectivity index (χ1n) is 5.22. The Bertz CT molecular complexity index is 291. The molecule has 78 valence electrons. The van der Waals surface area contributed by atoms with E-state index >= 15 is 0 Å². The Balaban J connectivity index is 2.12. The average Bonchev–Trinajstić information content (AvgIpc) is 2.87. The highest BCUT2D eigenvalue weighted by Gasteiger charge is 2.25. The van der Waals surface area contributed by atoms with Gasteiger partial charge in [-0.3, -0.25) is 4.68 Å². The largest absolute Gasteiger partial charge is 0.322 e. The molecule has 1 fully saturated rings. The second-order valence-corrected chi connectivity index (χ2v) is 5.00. The third kappa shape index (κ3) is 1.81. The third-order valence-electron chi connectivity index (χ3n) is 2.76. The second kappa shape index (κ2) is 4.36. The van der Waals surface area contributed by atoms with Crippen molar-refractivity contribution in [2.24, 2.45) is 5.73 Å². The van der Waals surface area contributed by atoms with E-state index in [1.54, 1.807) is 0 Å². The second-order valence-electron chi connectivity index (χ2n) is 3.65. The lowest BCUT2D eigenvalue weighted by Gasteiger charge is -2.18. The fourth-order valence-corrected chi connectivity index (χ4v) is 3.28. The molecule has 2 N–H and O–H groups in total. The van der Waals surface area contributed by atoms with Gasteiger partial charge in [0.05, 0.1) is 11.7 Å². The molecule has 0 saturated carbocycles. The van der Waals surface area contributed by atoms with Crippen LogP contribution in [0.15, 0.2) is 12.3 Å². The summed E-state index contributed by atoms with van der Waals surface area (Å²) in [7, 11) is 0. The smallest absolute Gasteiger partial charge is 0.0587 e. The molecule has 1 aliphatic heterocycles. The van der Waals surface area contributed by atoms with Gasteiger partial charge in [0.25, 0.3) is 0 Å². The number of nitrogens with zero attached hydrogens (tertiary/aromatic N) is 2. The lowest BCUT2D eigenvalue weighted by molar-refractivity contribution is 0.549. The summed E-state index contributed by atoms with van der Waals surface area (Å²) in [5, 5.41) is 4.85. The highest BCUT2D eigenvalue weighted by molar-refractivity contribution is 8.00. The summed E-state index contributed by atoms with van der Waals surface area (Å²) in [4.78, 5) is 0. The summed E-state index contributed by atoms with van der Waals surface area (Å²) in [5.41, 5.74) is 7.43. The summed E-state index contributed by atoms with van der Waals surface area (Å²) >= 11 is 2.00. The van der Waals surface area contributed by atoms with Crippen LogP contribution in [0.2, 0.25) is 0 Å². The minimum Gasteiger partial charge on any atom is -0.322 e. The number of hydrogen-bond acceptors (Lipinski definition) is 3. The van der Waals surface area contributed by atoms with Crippen molar-refractivity contribution in [1.82, 2.24) is 9.78 Å². The molecule has 0 bridgehead atoms. The van der Waals surface area contributed by atoms with Crippen LogP contribution in [0.3, 0.4) is 0 Å². The van der Waals surface area contributed by atoms with E-state index in [-0.39, 0.29) is 6.04 Å². The Hall–Kier alpha value is -0.480. The molecule has 0 amide bonds. The Kier molecular flexibility index (Phi) is 3.13. The van der Waals surface area contributed by atoms with E-state index in [4.69, 9.17) is 5.73 Å². The molecule has 14 heavy (non-hydrogen) atoms. The van der Waals surface area contributed by atoms with Crippen molar-refractivity contribution in [3.05, 3.63) is 18.0 Å². The topological polar surface area (TPSA) is 43.8 Å². The van der Waals surface area contributed by atoms with Crippen molar-refractivity contribution in [2.75, 3.05) is 5.75 Å². The van der Waals surface area contributed by atoms with Crippen molar-refractivity contribution >= 4 is 11.8 Å². The van der Waals surface area contributed by atoms with Crippen molar-refractivity contribution in [3.8, 4) is 0 Å². The standard InChI is InChI=1S/C10H17N3S/c1-2-13-8(5-6-12-13)10(11)9-4-3-7-14-9/h5-6,9-10H,2-4,7,11H2,1H3. The van der Waals surface area contributed by atoms with Gasteiger partial charge in [-0.25, -0.2) is 0 Å². The monoisotopic (exact) mass is 211 g/mol. The van der Waals surface area contributed by atoms with Crippen molar-refractivity contribution in [2.45, 2.75) is 37.6 Å². The molecule has 0 radical (unpaired) electrons. The molecule has 2 atom stereocenters. The number of nitrogens with two attached hydrogens (primary N) is 1. The van der Waals surface area contributed by atoms with E-state index in [0.29, 0.717) is 5.25 Å². The highest BCUT2D eigenvalue weighted by Crippen LogP contribution is 2.34. The van der Waals surface area contributed by atoms with Gasteiger partial charge in [-0.15, -0.1) is 0 Å². The molecular formula is C10H17N3S. The van der Waals surface area contributed by atoms with Crippen molar-refractivity contribution < 1.29 is 0 Å². The fraction of sp³-hybridized carbons (Fsp3) is 0.700. The Morgan fingerprint density at radius 1 is 1.79 bits per heavy atom. The zero-order chi connectivity index (χ0) is 9.97. The van der Waals surface area contributed by atoms with Crippen LogP contribution < -0.4 is 5.73 Å². The van der Waals surface area contributed by atoms with Gasteiger partial charge < -0.3 is 5.73 Å². The number of rotatable bonds is 3. The molecular weight excluding hydrogens is 194 g/mol. The molecule has 1 aliphatic rings. The summed E-state index contributed by atoms with van der Waals surface area (Å²) in [6.45, 7) is 3.01. The highest BCUT2D eigenvalue weighted by atomic mass is 32.2. The van der Waals surface area contributed by atoms with Crippen LogP contribution in [-0.2, 0) is 6.54 Å². The molecule has 2 rings (SSSR count). The quantitative estimate of drug-likeness (QED) is 0.829. The zero-order valence-corrected chi connectivity index (χ0v) is 9.33. The molecule has 0 spiro atoms. The van der Waals surface area contributed by atoms with E-state index in [9.17, 15) is 0 Å². The van der Waals surface area contributed by atoms with Crippen LogP contribution in [-0.4, -0.2) is 20.8 Å². The average molecular weight is 211 g/mol. The van der Waals surface area contributed by atoms with Gasteiger partial charge in [-0.05, 0) is 31.6 Å². The van der Waals surface area contributed by atoms with Crippen LogP contribution >= 0.6 is 11.8 Å². The van der Waals surface area contributed by atoms with Crippen LogP contribution in [0.1, 0.15) is 31.5 Å². The lowest BCUT2D eigenvalue weighted by Crippen LogP contribution is -2.24. The van der Waals surface area contributed by atoms with E-state index in [0.717, 1.165) is 6.54 Å². The Morgan fingerprint density at radius 3 is 3.29 bits per heavy atom. The van der Waals surface area contributed by atoms with Crippen molar-refractivity contribution in [3.63, 3.8) is 0 Å². The van der Waals surface area contributed by atoms with Crippen LogP contribution in [0.5, 0.6) is 0 Å². The van der Waals surface area contributed by atoms with Gasteiger partial charge in [0.2, 0.25) is 0 Å². The third-order valence-corrected chi connectivity index (χ3v) is 4.24. The molecule has 2 heterocycles. The number of aryl methyl sites for hydroxylation is 1. The molecule has 1 aromatic rings. The summed E-state index contributed by atoms with van der Waals surface area (Å²) in [6.07, 6.45) is 4.41. The summed E-state index contributed by atoms with van der Waals surface area (Å²) in [6, 6.07) is 2.21. The SMILES string of the molecule is CCn1nccc1C(N)C1CCCS1.